The average Bonchev–Trinajstić information content (AvgIpc) is 2.29. The van der Waals surface area contributed by atoms with Gasteiger partial charge in [0.25, 0.3) is 0 Å². The minimum absolute atomic E-state index is 0.102. The zero-order chi connectivity index (χ0) is 11.5. The molecule has 0 aromatic carbocycles. The van der Waals surface area contributed by atoms with Crippen molar-refractivity contribution in [3.63, 3.8) is 0 Å². The van der Waals surface area contributed by atoms with Gasteiger partial charge in [0.05, 0.1) is 0 Å². The molecule has 0 saturated carbocycles. The van der Waals surface area contributed by atoms with E-state index in [-0.39, 0.29) is 23.7 Å². The van der Waals surface area contributed by atoms with Crippen LogP contribution in [-0.4, -0.2) is 33.0 Å². The SMILES string of the molecule is O=C1C=C(c2nccc(C(=O)O)n2)N=CC1. The highest BCUT2D eigenvalue weighted by atomic mass is 16.4. The molecule has 16 heavy (non-hydrogen) atoms. The van der Waals surface area contributed by atoms with Crippen LogP contribution in [0.5, 0.6) is 0 Å². The van der Waals surface area contributed by atoms with Crippen molar-refractivity contribution >= 4 is 23.7 Å². The number of nitrogens with zero attached hydrogens (tertiary/aromatic N) is 3. The van der Waals surface area contributed by atoms with Crippen molar-refractivity contribution in [3.05, 3.63) is 29.9 Å². The van der Waals surface area contributed by atoms with E-state index in [0.29, 0.717) is 5.70 Å². The number of hydrogen-bond donors (Lipinski definition) is 1. The summed E-state index contributed by atoms with van der Waals surface area (Å²) in [5.41, 5.74) is 0.165. The van der Waals surface area contributed by atoms with Crippen molar-refractivity contribution in [2.45, 2.75) is 6.42 Å². The third-order valence-electron chi connectivity index (χ3n) is 1.92. The Morgan fingerprint density at radius 1 is 1.44 bits per heavy atom. The van der Waals surface area contributed by atoms with Gasteiger partial charge in [-0.25, -0.2) is 14.8 Å². The number of carboxylic acid groups (broad SMARTS) is 1. The van der Waals surface area contributed by atoms with Gasteiger partial charge in [-0.2, -0.15) is 0 Å². The summed E-state index contributed by atoms with van der Waals surface area (Å²) in [5, 5.41) is 8.74. The number of allylic oxidation sites excluding steroid dienone is 1. The molecule has 80 valence electrons. The topological polar surface area (TPSA) is 92.5 Å². The lowest BCUT2D eigenvalue weighted by Gasteiger charge is -2.04. The van der Waals surface area contributed by atoms with E-state index < -0.39 is 5.97 Å². The van der Waals surface area contributed by atoms with Crippen molar-refractivity contribution in [1.82, 2.24) is 9.97 Å². The fraction of sp³-hybridized carbons (Fsp3) is 0.100. The van der Waals surface area contributed by atoms with Crippen LogP contribution in [0, 0.1) is 0 Å². The van der Waals surface area contributed by atoms with E-state index in [1.165, 1.54) is 24.6 Å². The summed E-state index contributed by atoms with van der Waals surface area (Å²) in [6.45, 7) is 0. The Labute approximate surface area is 90.4 Å². The molecule has 0 spiro atoms. The fourth-order valence-electron chi connectivity index (χ4n) is 1.21. The highest BCUT2D eigenvalue weighted by molar-refractivity contribution is 6.07. The molecule has 2 heterocycles. The lowest BCUT2D eigenvalue weighted by atomic mass is 10.2. The Hall–Kier alpha value is -2.37. The van der Waals surface area contributed by atoms with Crippen molar-refractivity contribution in [1.29, 1.82) is 0 Å². The molecule has 0 radical (unpaired) electrons. The summed E-state index contributed by atoms with van der Waals surface area (Å²) in [5.74, 6) is -1.10. The van der Waals surface area contributed by atoms with Crippen LogP contribution in [0.1, 0.15) is 22.7 Å². The average molecular weight is 217 g/mol. The third-order valence-corrected chi connectivity index (χ3v) is 1.92. The minimum atomic E-state index is -1.14. The van der Waals surface area contributed by atoms with Crippen LogP contribution < -0.4 is 0 Å². The van der Waals surface area contributed by atoms with Crippen LogP contribution in [0.4, 0.5) is 0 Å². The predicted molar refractivity (Wildman–Crippen MR) is 55.1 cm³/mol. The molecule has 1 aliphatic heterocycles. The number of carbonyl (C=O) groups is 2. The lowest BCUT2D eigenvalue weighted by molar-refractivity contribution is -0.113. The monoisotopic (exact) mass is 217 g/mol. The molecule has 0 unspecified atom stereocenters. The molecule has 6 heteroatoms. The second kappa shape index (κ2) is 4.01. The van der Waals surface area contributed by atoms with Gasteiger partial charge in [0.2, 0.25) is 0 Å². The van der Waals surface area contributed by atoms with Crippen molar-refractivity contribution in [2.24, 2.45) is 4.99 Å². The molecule has 1 aliphatic rings. The summed E-state index contributed by atoms with van der Waals surface area (Å²) in [6.07, 6.45) is 4.33. The van der Waals surface area contributed by atoms with Crippen molar-refractivity contribution in [3.8, 4) is 0 Å². The van der Waals surface area contributed by atoms with Crippen molar-refractivity contribution in [2.75, 3.05) is 0 Å². The van der Waals surface area contributed by atoms with Gasteiger partial charge in [-0.3, -0.25) is 9.79 Å². The molecule has 2 rings (SSSR count). The standard InChI is InChI=1S/C10H7N3O3/c14-6-1-3-11-8(5-6)9-12-4-2-7(13-9)10(15)16/h2-5H,1H2,(H,15,16). The van der Waals surface area contributed by atoms with Gasteiger partial charge in [0.15, 0.2) is 17.3 Å². The Morgan fingerprint density at radius 2 is 2.25 bits per heavy atom. The highest BCUT2D eigenvalue weighted by Crippen LogP contribution is 2.14. The Balaban J connectivity index is 2.41. The van der Waals surface area contributed by atoms with E-state index in [2.05, 4.69) is 15.0 Å². The van der Waals surface area contributed by atoms with E-state index >= 15 is 0 Å². The van der Waals surface area contributed by atoms with Gasteiger partial charge < -0.3 is 5.11 Å². The third kappa shape index (κ3) is 2.00. The number of rotatable bonds is 2. The molecule has 1 aromatic rings. The van der Waals surface area contributed by atoms with Crippen molar-refractivity contribution < 1.29 is 14.7 Å². The predicted octanol–water partition coefficient (Wildman–Crippen LogP) is 0.559. The Bertz CT molecular complexity index is 520. The smallest absolute Gasteiger partial charge is 0.354 e. The lowest BCUT2D eigenvalue weighted by Crippen LogP contribution is -2.07. The quantitative estimate of drug-likeness (QED) is 0.781. The van der Waals surface area contributed by atoms with Gasteiger partial charge in [-0.05, 0) is 6.07 Å². The molecule has 0 atom stereocenters. The van der Waals surface area contributed by atoms with E-state index in [1.54, 1.807) is 0 Å². The first kappa shape index (κ1) is 10.2. The molecule has 1 N–H and O–H groups in total. The Kier molecular flexibility index (Phi) is 2.55. The van der Waals surface area contributed by atoms with Gasteiger partial charge in [-0.15, -0.1) is 0 Å². The molecule has 0 amide bonds. The van der Waals surface area contributed by atoms with Crippen LogP contribution >= 0.6 is 0 Å². The number of aromatic carboxylic acids is 1. The van der Waals surface area contributed by atoms with Gasteiger partial charge in [0.1, 0.15) is 5.70 Å². The summed E-state index contributed by atoms with van der Waals surface area (Å²) in [6, 6.07) is 1.28. The molecule has 0 fully saturated rings. The van der Waals surface area contributed by atoms with Gasteiger partial charge in [-0.1, -0.05) is 0 Å². The molecule has 0 aliphatic carbocycles. The molecule has 0 saturated heterocycles. The largest absolute Gasteiger partial charge is 0.477 e. The zero-order valence-corrected chi connectivity index (χ0v) is 8.12. The van der Waals surface area contributed by atoms with Crippen LogP contribution in [0.2, 0.25) is 0 Å². The van der Waals surface area contributed by atoms with Crippen LogP contribution in [0.25, 0.3) is 5.70 Å². The molecular weight excluding hydrogens is 210 g/mol. The van der Waals surface area contributed by atoms with E-state index in [4.69, 9.17) is 5.11 Å². The van der Waals surface area contributed by atoms with E-state index in [1.807, 2.05) is 0 Å². The number of carboxylic acids is 1. The normalized spacial score (nSPS) is 14.8. The summed E-state index contributed by atoms with van der Waals surface area (Å²) < 4.78 is 0. The molecule has 1 aromatic heterocycles. The van der Waals surface area contributed by atoms with Crippen LogP contribution in [-0.2, 0) is 4.79 Å². The summed E-state index contributed by atoms with van der Waals surface area (Å²) in [7, 11) is 0. The fourth-order valence-corrected chi connectivity index (χ4v) is 1.21. The number of hydrogen-bond acceptors (Lipinski definition) is 5. The van der Waals surface area contributed by atoms with Gasteiger partial charge >= 0.3 is 5.97 Å². The maximum absolute atomic E-state index is 11.1. The number of ketones is 1. The maximum Gasteiger partial charge on any atom is 0.354 e. The second-order valence-corrected chi connectivity index (χ2v) is 3.08. The first-order valence-electron chi connectivity index (χ1n) is 4.50. The number of aliphatic imine (C=N–C) groups is 1. The molecule has 6 nitrogen and oxygen atoms in total. The summed E-state index contributed by atoms with van der Waals surface area (Å²) in [4.78, 5) is 33.4. The van der Waals surface area contributed by atoms with Crippen LogP contribution in [0.3, 0.4) is 0 Å². The van der Waals surface area contributed by atoms with Gasteiger partial charge in [0, 0.05) is 24.9 Å². The number of aromatic nitrogens is 2. The highest BCUT2D eigenvalue weighted by Gasteiger charge is 2.12. The first-order valence-corrected chi connectivity index (χ1v) is 4.50. The second-order valence-electron chi connectivity index (χ2n) is 3.08. The van der Waals surface area contributed by atoms with E-state index in [9.17, 15) is 9.59 Å². The minimum Gasteiger partial charge on any atom is -0.477 e. The molecule has 0 bridgehead atoms. The zero-order valence-electron chi connectivity index (χ0n) is 8.12. The molecular formula is C10H7N3O3. The summed E-state index contributed by atoms with van der Waals surface area (Å²) >= 11 is 0. The number of carbonyl (C=O) groups excluding carboxylic acids is 1. The van der Waals surface area contributed by atoms with E-state index in [0.717, 1.165) is 0 Å². The van der Waals surface area contributed by atoms with Crippen LogP contribution in [0.15, 0.2) is 23.3 Å². The Morgan fingerprint density at radius 3 is 2.94 bits per heavy atom. The first-order chi connectivity index (χ1) is 7.66. The maximum atomic E-state index is 11.1.